The quantitative estimate of drug-likeness (QED) is 0.796. The summed E-state index contributed by atoms with van der Waals surface area (Å²) in [4.78, 5) is 13.0. The average Bonchev–Trinajstić information content (AvgIpc) is 2.79. The third-order valence-electron chi connectivity index (χ3n) is 4.53. The van der Waals surface area contributed by atoms with Gasteiger partial charge >= 0.3 is 0 Å². The second kappa shape index (κ2) is 5.49. The topological polar surface area (TPSA) is 44.1 Å². The summed E-state index contributed by atoms with van der Waals surface area (Å²) >= 11 is 6.15. The van der Waals surface area contributed by atoms with E-state index in [9.17, 15) is 4.79 Å². The number of nitrogens with zero attached hydrogens (tertiary/aromatic N) is 2. The van der Waals surface area contributed by atoms with E-state index in [1.807, 2.05) is 6.92 Å². The van der Waals surface area contributed by atoms with Gasteiger partial charge in [0, 0.05) is 13.7 Å². The van der Waals surface area contributed by atoms with E-state index in [1.54, 1.807) is 11.8 Å². The lowest BCUT2D eigenvalue weighted by atomic mass is 9.69. The fourth-order valence-corrected chi connectivity index (χ4v) is 3.13. The monoisotopic (exact) mass is 298 g/mol. The molecule has 1 heterocycles. The van der Waals surface area contributed by atoms with Crippen LogP contribution in [0.5, 0.6) is 0 Å². The highest BCUT2D eigenvalue weighted by molar-refractivity contribution is 6.34. The Hall–Kier alpha value is -0.870. The Morgan fingerprint density at radius 1 is 1.40 bits per heavy atom. The van der Waals surface area contributed by atoms with Gasteiger partial charge in [0.15, 0.2) is 0 Å². The zero-order valence-corrected chi connectivity index (χ0v) is 13.5. The molecule has 0 atom stereocenters. The highest BCUT2D eigenvalue weighted by Gasteiger charge is 2.46. The van der Waals surface area contributed by atoms with Crippen molar-refractivity contribution in [2.45, 2.75) is 58.6 Å². The number of aromatic nitrogens is 2. The molecular formula is C15H23ClN2O2. The Balaban J connectivity index is 2.33. The van der Waals surface area contributed by atoms with Crippen molar-refractivity contribution in [3.05, 3.63) is 16.9 Å². The molecule has 112 valence electrons. The van der Waals surface area contributed by atoms with Crippen LogP contribution < -0.4 is 0 Å². The van der Waals surface area contributed by atoms with Gasteiger partial charge in [0.05, 0.1) is 11.2 Å². The molecule has 5 heteroatoms. The van der Waals surface area contributed by atoms with Gasteiger partial charge in [-0.25, -0.2) is 0 Å². The Morgan fingerprint density at radius 3 is 2.50 bits per heavy atom. The molecule has 0 saturated heterocycles. The van der Waals surface area contributed by atoms with Gasteiger partial charge in [0.25, 0.3) is 0 Å². The number of carbonyl (C=O) groups is 1. The molecule has 20 heavy (non-hydrogen) atoms. The van der Waals surface area contributed by atoms with Crippen LogP contribution in [0.1, 0.15) is 56.9 Å². The molecule has 1 aliphatic rings. The van der Waals surface area contributed by atoms with E-state index >= 15 is 0 Å². The Labute approximate surface area is 125 Å². The van der Waals surface area contributed by atoms with Crippen molar-refractivity contribution in [2.75, 3.05) is 7.11 Å². The fraction of sp³-hybridized carbons (Fsp3) is 0.733. The van der Waals surface area contributed by atoms with Crippen molar-refractivity contribution in [1.82, 2.24) is 9.78 Å². The third kappa shape index (κ3) is 2.63. The van der Waals surface area contributed by atoms with Crippen LogP contribution in [0.25, 0.3) is 0 Å². The lowest BCUT2D eigenvalue weighted by molar-refractivity contribution is -0.0389. The first-order valence-corrected chi connectivity index (χ1v) is 7.54. The Morgan fingerprint density at radius 2 is 2.00 bits per heavy atom. The van der Waals surface area contributed by atoms with Crippen LogP contribution in [0.15, 0.2) is 6.20 Å². The zero-order chi connectivity index (χ0) is 15.0. The zero-order valence-electron chi connectivity index (χ0n) is 12.7. The average molecular weight is 299 g/mol. The largest absolute Gasteiger partial charge is 0.370 e. The van der Waals surface area contributed by atoms with Crippen LogP contribution in [0.4, 0.5) is 0 Å². The van der Waals surface area contributed by atoms with Crippen LogP contribution in [-0.2, 0) is 11.3 Å². The smallest absolute Gasteiger partial charge is 0.214 e. The van der Waals surface area contributed by atoms with Crippen LogP contribution in [-0.4, -0.2) is 28.3 Å². The highest BCUT2D eigenvalue weighted by atomic mass is 35.5. The van der Waals surface area contributed by atoms with Gasteiger partial charge in [0.2, 0.25) is 5.78 Å². The maximum atomic E-state index is 13.0. The summed E-state index contributed by atoms with van der Waals surface area (Å²) in [6, 6.07) is 0. The van der Waals surface area contributed by atoms with Gasteiger partial charge in [-0.2, -0.15) is 5.10 Å². The van der Waals surface area contributed by atoms with E-state index in [2.05, 4.69) is 18.9 Å². The lowest BCUT2D eigenvalue weighted by Crippen LogP contribution is -2.46. The first-order chi connectivity index (χ1) is 9.35. The molecule has 0 aliphatic heterocycles. The van der Waals surface area contributed by atoms with Crippen molar-refractivity contribution in [3.8, 4) is 0 Å². The van der Waals surface area contributed by atoms with Crippen molar-refractivity contribution in [2.24, 2.45) is 5.41 Å². The first kappa shape index (κ1) is 15.5. The standard InChI is InChI=1S/C15H23ClN2O2/c1-5-18-12(11(16)10-17-18)13(19)15(20-4)8-6-14(2,3)7-9-15/h10H,5-9H2,1-4H3. The summed E-state index contributed by atoms with van der Waals surface area (Å²) in [5.74, 6) is -0.0279. The Kier molecular flexibility index (Phi) is 4.26. The minimum Gasteiger partial charge on any atom is -0.370 e. The number of carbonyl (C=O) groups excluding carboxylic acids is 1. The fourth-order valence-electron chi connectivity index (χ4n) is 2.90. The first-order valence-electron chi connectivity index (χ1n) is 7.16. The number of halogens is 1. The molecule has 4 nitrogen and oxygen atoms in total. The highest BCUT2D eigenvalue weighted by Crippen LogP contribution is 2.43. The number of ketones is 1. The van der Waals surface area contributed by atoms with E-state index in [4.69, 9.17) is 16.3 Å². The summed E-state index contributed by atoms with van der Waals surface area (Å²) < 4.78 is 7.32. The second-order valence-electron chi connectivity index (χ2n) is 6.35. The minimum absolute atomic E-state index is 0.0279. The van der Waals surface area contributed by atoms with Crippen LogP contribution >= 0.6 is 11.6 Å². The summed E-state index contributed by atoms with van der Waals surface area (Å²) in [6.45, 7) is 7.04. The number of methoxy groups -OCH3 is 1. The second-order valence-corrected chi connectivity index (χ2v) is 6.76. The molecule has 1 fully saturated rings. The molecule has 0 N–H and O–H groups in total. The van der Waals surface area contributed by atoms with Gasteiger partial charge in [-0.3, -0.25) is 9.48 Å². The van der Waals surface area contributed by atoms with Gasteiger partial charge < -0.3 is 4.74 Å². The van der Waals surface area contributed by atoms with Gasteiger partial charge in [-0.1, -0.05) is 25.4 Å². The maximum Gasteiger partial charge on any atom is 0.214 e. The maximum absolute atomic E-state index is 13.0. The number of Topliss-reactive ketones (excluding diaryl/α,β-unsaturated/α-hetero) is 1. The van der Waals surface area contributed by atoms with Crippen molar-refractivity contribution >= 4 is 17.4 Å². The molecule has 0 unspecified atom stereocenters. The van der Waals surface area contributed by atoms with Crippen molar-refractivity contribution < 1.29 is 9.53 Å². The Bertz CT molecular complexity index is 498. The summed E-state index contributed by atoms with van der Waals surface area (Å²) in [6.07, 6.45) is 4.96. The summed E-state index contributed by atoms with van der Waals surface area (Å²) in [7, 11) is 1.62. The van der Waals surface area contributed by atoms with Crippen molar-refractivity contribution in [3.63, 3.8) is 0 Å². The molecule has 0 spiro atoms. The number of hydrogen-bond donors (Lipinski definition) is 0. The summed E-state index contributed by atoms with van der Waals surface area (Å²) in [5, 5.41) is 4.57. The van der Waals surface area contributed by atoms with Gasteiger partial charge in [-0.05, 0) is 38.0 Å². The lowest BCUT2D eigenvalue weighted by Gasteiger charge is -2.41. The molecule has 1 aromatic heterocycles. The predicted octanol–water partition coefficient (Wildman–Crippen LogP) is 3.72. The van der Waals surface area contributed by atoms with E-state index in [0.29, 0.717) is 17.3 Å². The normalized spacial score (nSPS) is 20.9. The SMILES string of the molecule is CCn1ncc(Cl)c1C(=O)C1(OC)CCC(C)(C)CC1. The third-order valence-corrected chi connectivity index (χ3v) is 4.80. The van der Waals surface area contributed by atoms with E-state index < -0.39 is 5.60 Å². The molecule has 0 aromatic carbocycles. The van der Waals surface area contributed by atoms with Crippen LogP contribution in [0.2, 0.25) is 5.02 Å². The molecule has 1 aliphatic carbocycles. The van der Waals surface area contributed by atoms with Crippen molar-refractivity contribution in [1.29, 1.82) is 0 Å². The van der Waals surface area contributed by atoms with E-state index in [-0.39, 0.29) is 11.2 Å². The molecule has 0 radical (unpaired) electrons. The van der Waals surface area contributed by atoms with E-state index in [0.717, 1.165) is 25.7 Å². The molecule has 0 amide bonds. The van der Waals surface area contributed by atoms with Gasteiger partial charge in [0.1, 0.15) is 11.3 Å². The van der Waals surface area contributed by atoms with E-state index in [1.165, 1.54) is 6.20 Å². The molecular weight excluding hydrogens is 276 g/mol. The number of rotatable bonds is 4. The molecule has 2 rings (SSSR count). The molecule has 0 bridgehead atoms. The minimum atomic E-state index is -0.744. The summed E-state index contributed by atoms with van der Waals surface area (Å²) in [5.41, 5.74) is 0.0131. The molecule has 1 aromatic rings. The number of ether oxygens (including phenoxy) is 1. The van der Waals surface area contributed by atoms with Crippen LogP contribution in [0.3, 0.4) is 0 Å². The predicted molar refractivity (Wildman–Crippen MR) is 79.2 cm³/mol. The van der Waals surface area contributed by atoms with Crippen LogP contribution in [0, 0.1) is 5.41 Å². The molecule has 1 saturated carbocycles. The number of aryl methyl sites for hydroxylation is 1. The van der Waals surface area contributed by atoms with Gasteiger partial charge in [-0.15, -0.1) is 0 Å². The number of hydrogen-bond acceptors (Lipinski definition) is 3.